The van der Waals surface area contributed by atoms with Crippen LogP contribution in [0.1, 0.15) is 73.1 Å². The first-order chi connectivity index (χ1) is 11.1. The van der Waals surface area contributed by atoms with E-state index in [1.807, 2.05) is 6.92 Å². The van der Waals surface area contributed by atoms with E-state index in [4.69, 9.17) is 9.16 Å². The summed E-state index contributed by atoms with van der Waals surface area (Å²) >= 11 is 0. The number of hydrogen-bond acceptors (Lipinski definition) is 3. The molecule has 2 atom stereocenters. The molecule has 0 bridgehead atoms. The van der Waals surface area contributed by atoms with Crippen molar-refractivity contribution >= 4 is 14.3 Å². The van der Waals surface area contributed by atoms with Crippen molar-refractivity contribution in [1.82, 2.24) is 0 Å². The Morgan fingerprint density at radius 2 is 1.96 bits per heavy atom. The first kappa shape index (κ1) is 21.4. The molecule has 1 aliphatic rings. The summed E-state index contributed by atoms with van der Waals surface area (Å²) in [4.78, 5) is 12.0. The molecule has 0 amide bonds. The first-order valence-electron chi connectivity index (χ1n) is 9.67. The van der Waals surface area contributed by atoms with Gasteiger partial charge in [-0.15, -0.1) is 0 Å². The Morgan fingerprint density at radius 1 is 1.29 bits per heavy atom. The van der Waals surface area contributed by atoms with Gasteiger partial charge in [0.1, 0.15) is 0 Å². The van der Waals surface area contributed by atoms with Crippen LogP contribution in [-0.2, 0) is 14.0 Å². The van der Waals surface area contributed by atoms with Crippen LogP contribution in [0.5, 0.6) is 0 Å². The second-order valence-electron chi connectivity index (χ2n) is 8.53. The zero-order valence-corrected chi connectivity index (χ0v) is 17.9. The van der Waals surface area contributed by atoms with Crippen LogP contribution in [0.2, 0.25) is 18.1 Å². The Hall–Kier alpha value is -0.613. The van der Waals surface area contributed by atoms with E-state index in [0.717, 1.165) is 25.7 Å². The first-order valence-corrected chi connectivity index (χ1v) is 12.6. The highest BCUT2D eigenvalue weighted by Crippen LogP contribution is 2.42. The minimum atomic E-state index is -1.80. The quantitative estimate of drug-likeness (QED) is 0.326. The molecule has 3 nitrogen and oxygen atoms in total. The molecule has 1 saturated carbocycles. The van der Waals surface area contributed by atoms with E-state index >= 15 is 0 Å². The summed E-state index contributed by atoms with van der Waals surface area (Å²) in [6.07, 6.45) is 8.70. The van der Waals surface area contributed by atoms with E-state index in [0.29, 0.717) is 12.5 Å². The van der Waals surface area contributed by atoms with Gasteiger partial charge in [-0.2, -0.15) is 0 Å². The van der Waals surface area contributed by atoms with Crippen molar-refractivity contribution in [3.05, 3.63) is 11.6 Å². The fraction of sp³-hybridized carbons (Fsp3) is 0.850. The maximum Gasteiger partial charge on any atom is 0.330 e. The summed E-state index contributed by atoms with van der Waals surface area (Å²) in [6.45, 7) is 16.0. The van der Waals surface area contributed by atoms with Crippen molar-refractivity contribution in [2.24, 2.45) is 5.92 Å². The van der Waals surface area contributed by atoms with E-state index in [2.05, 4.69) is 40.8 Å². The van der Waals surface area contributed by atoms with Crippen molar-refractivity contribution in [3.8, 4) is 0 Å². The average molecular weight is 355 g/mol. The summed E-state index contributed by atoms with van der Waals surface area (Å²) in [6, 6.07) is 0. The smallest absolute Gasteiger partial charge is 0.330 e. The molecule has 0 saturated heterocycles. The molecule has 4 heteroatoms. The summed E-state index contributed by atoms with van der Waals surface area (Å²) in [5.41, 5.74) is 1.25. The van der Waals surface area contributed by atoms with Gasteiger partial charge < -0.3 is 9.16 Å². The Balaban J connectivity index is 2.98. The number of ether oxygens (including phenoxy) is 1. The number of esters is 1. The van der Waals surface area contributed by atoms with Crippen molar-refractivity contribution in [3.63, 3.8) is 0 Å². The van der Waals surface area contributed by atoms with Gasteiger partial charge in [0.2, 0.25) is 0 Å². The number of carbonyl (C=O) groups is 1. The summed E-state index contributed by atoms with van der Waals surface area (Å²) in [7, 11) is -1.80. The molecule has 1 fully saturated rings. The predicted molar refractivity (Wildman–Crippen MR) is 104 cm³/mol. The normalized spacial score (nSPS) is 24.2. The lowest BCUT2D eigenvalue weighted by atomic mass is 9.79. The average Bonchev–Trinajstić information content (AvgIpc) is 2.45. The molecule has 24 heavy (non-hydrogen) atoms. The SMILES string of the molecule is CCCC[C@H]1/C(=C/C(=O)OCC)CCC[C@@H]1O[Si](C)(C)C(C)(C)C. The molecule has 0 radical (unpaired) electrons. The van der Waals surface area contributed by atoms with E-state index in [9.17, 15) is 4.79 Å². The van der Waals surface area contributed by atoms with Crippen molar-refractivity contribution in [2.45, 2.75) is 97.4 Å². The molecular formula is C20H38O3Si. The summed E-state index contributed by atoms with van der Waals surface area (Å²) in [5, 5.41) is 0.213. The van der Waals surface area contributed by atoms with Crippen LogP contribution >= 0.6 is 0 Å². The molecule has 0 aromatic rings. The van der Waals surface area contributed by atoms with E-state index in [1.54, 1.807) is 6.08 Å². The molecule has 0 unspecified atom stereocenters. The largest absolute Gasteiger partial charge is 0.463 e. The van der Waals surface area contributed by atoms with Crippen LogP contribution in [0.4, 0.5) is 0 Å². The van der Waals surface area contributed by atoms with Gasteiger partial charge in [0, 0.05) is 12.0 Å². The van der Waals surface area contributed by atoms with E-state index in [-0.39, 0.29) is 17.1 Å². The van der Waals surface area contributed by atoms with Gasteiger partial charge in [0.25, 0.3) is 0 Å². The number of unbranched alkanes of at least 4 members (excludes halogenated alkanes) is 1. The van der Waals surface area contributed by atoms with Gasteiger partial charge in [-0.3, -0.25) is 0 Å². The second-order valence-corrected chi connectivity index (χ2v) is 13.3. The maximum atomic E-state index is 12.0. The summed E-state index contributed by atoms with van der Waals surface area (Å²) in [5.74, 6) is 0.180. The summed E-state index contributed by atoms with van der Waals surface area (Å²) < 4.78 is 11.9. The van der Waals surface area contributed by atoms with Crippen LogP contribution in [0, 0.1) is 5.92 Å². The van der Waals surface area contributed by atoms with Crippen LogP contribution in [0.15, 0.2) is 11.6 Å². The lowest BCUT2D eigenvalue weighted by Gasteiger charge is -2.44. The number of carbonyl (C=O) groups excluding carboxylic acids is 1. The topological polar surface area (TPSA) is 35.5 Å². The molecule has 1 rings (SSSR count). The zero-order valence-electron chi connectivity index (χ0n) is 16.9. The van der Waals surface area contributed by atoms with Crippen LogP contribution in [0.25, 0.3) is 0 Å². The van der Waals surface area contributed by atoms with Gasteiger partial charge in [-0.05, 0) is 50.7 Å². The highest BCUT2D eigenvalue weighted by molar-refractivity contribution is 6.74. The third-order valence-corrected chi connectivity index (χ3v) is 10.1. The maximum absolute atomic E-state index is 12.0. The van der Waals surface area contributed by atoms with Gasteiger partial charge in [-0.25, -0.2) is 4.79 Å². The van der Waals surface area contributed by atoms with Crippen molar-refractivity contribution in [1.29, 1.82) is 0 Å². The molecular weight excluding hydrogens is 316 g/mol. The zero-order chi connectivity index (χ0) is 18.4. The van der Waals surface area contributed by atoms with Gasteiger partial charge in [-0.1, -0.05) is 46.1 Å². The third kappa shape index (κ3) is 6.03. The molecule has 0 N–H and O–H groups in total. The number of hydrogen-bond donors (Lipinski definition) is 0. The minimum absolute atomic E-state index is 0.193. The lowest BCUT2D eigenvalue weighted by molar-refractivity contribution is -0.137. The van der Waals surface area contributed by atoms with E-state index in [1.165, 1.54) is 18.4 Å². The molecule has 0 aromatic carbocycles. The van der Waals surface area contributed by atoms with Crippen LogP contribution in [0.3, 0.4) is 0 Å². The minimum Gasteiger partial charge on any atom is -0.463 e. The molecule has 140 valence electrons. The van der Waals surface area contributed by atoms with Crippen molar-refractivity contribution < 1.29 is 14.0 Å². The molecule has 0 aromatic heterocycles. The monoisotopic (exact) mass is 354 g/mol. The standard InChI is InChI=1S/C20H38O3Si/c1-8-10-13-17-16(15-19(21)22-9-2)12-11-14-18(17)23-24(6,7)20(3,4)5/h15,17-18H,8-14H2,1-7H3/b16-15+/t17-,18-/m0/s1. The van der Waals surface area contributed by atoms with Gasteiger partial charge in [0.05, 0.1) is 12.7 Å². The van der Waals surface area contributed by atoms with Gasteiger partial charge in [0.15, 0.2) is 8.32 Å². The van der Waals surface area contributed by atoms with Crippen LogP contribution in [-0.4, -0.2) is 27.0 Å². The highest BCUT2D eigenvalue weighted by Gasteiger charge is 2.42. The second kappa shape index (κ2) is 9.19. The molecule has 0 heterocycles. The Bertz CT molecular complexity index is 435. The van der Waals surface area contributed by atoms with Crippen molar-refractivity contribution in [2.75, 3.05) is 6.61 Å². The Morgan fingerprint density at radius 3 is 2.50 bits per heavy atom. The Kier molecular flexibility index (Phi) is 8.20. The van der Waals surface area contributed by atoms with Gasteiger partial charge >= 0.3 is 5.97 Å². The van der Waals surface area contributed by atoms with E-state index < -0.39 is 8.32 Å². The highest BCUT2D eigenvalue weighted by atomic mass is 28.4. The molecule has 1 aliphatic carbocycles. The number of rotatable bonds is 7. The van der Waals surface area contributed by atoms with Crippen LogP contribution < -0.4 is 0 Å². The molecule has 0 spiro atoms. The fourth-order valence-electron chi connectivity index (χ4n) is 3.14. The Labute approximate surface area is 150 Å². The predicted octanol–water partition coefficient (Wildman–Crippen LogP) is 5.86. The molecule has 0 aliphatic heterocycles. The third-order valence-electron chi connectivity index (χ3n) is 5.59. The lowest BCUT2D eigenvalue weighted by Crippen LogP contribution is -2.47. The fourth-order valence-corrected chi connectivity index (χ4v) is 4.53.